The summed E-state index contributed by atoms with van der Waals surface area (Å²) in [4.78, 5) is 19.9. The molecule has 4 aromatic rings. The Hall–Kier alpha value is -2.72. The highest BCUT2D eigenvalue weighted by molar-refractivity contribution is 7.19. The van der Waals surface area contributed by atoms with Gasteiger partial charge < -0.3 is 5.32 Å². The van der Waals surface area contributed by atoms with E-state index in [4.69, 9.17) is 16.6 Å². The van der Waals surface area contributed by atoms with E-state index in [1.807, 2.05) is 50.2 Å². The highest BCUT2D eigenvalue weighted by Gasteiger charge is 2.19. The van der Waals surface area contributed by atoms with E-state index in [9.17, 15) is 10.1 Å². The Kier molecular flexibility index (Phi) is 5.37. The number of thiophene rings is 2. The molecule has 3 aromatic heterocycles. The van der Waals surface area contributed by atoms with Crippen LogP contribution in [0.5, 0.6) is 0 Å². The molecule has 1 aromatic carbocycles. The Morgan fingerprint density at radius 1 is 1.24 bits per heavy atom. The number of hydrogen-bond donors (Lipinski definition) is 1. The summed E-state index contributed by atoms with van der Waals surface area (Å²) in [6.45, 7) is 3.98. The lowest BCUT2D eigenvalue weighted by molar-refractivity contribution is 0.102. The van der Waals surface area contributed by atoms with Crippen LogP contribution < -0.4 is 5.32 Å². The third-order valence-corrected chi connectivity index (χ3v) is 7.00. The molecule has 4 nitrogen and oxygen atoms in total. The van der Waals surface area contributed by atoms with Crippen LogP contribution in [0.1, 0.15) is 33.3 Å². The van der Waals surface area contributed by atoms with Crippen molar-refractivity contribution in [3.05, 3.63) is 68.4 Å². The first-order chi connectivity index (χ1) is 14.0. The van der Waals surface area contributed by atoms with Gasteiger partial charge in [0.2, 0.25) is 0 Å². The molecule has 0 aliphatic rings. The number of rotatable bonds is 4. The molecule has 7 heteroatoms. The SMILES string of the molecule is CCc1c(C)sc(NC(=O)c2cc(-c3ccc(Cl)s3)nc3ccccc23)c1C#N. The van der Waals surface area contributed by atoms with Gasteiger partial charge >= 0.3 is 0 Å². The Labute approximate surface area is 181 Å². The number of nitriles is 1. The van der Waals surface area contributed by atoms with E-state index in [2.05, 4.69) is 11.4 Å². The van der Waals surface area contributed by atoms with Crippen LogP contribution in [0, 0.1) is 18.3 Å². The maximum Gasteiger partial charge on any atom is 0.257 e. The fraction of sp³-hybridized carbons (Fsp3) is 0.136. The summed E-state index contributed by atoms with van der Waals surface area (Å²) in [6.07, 6.45) is 0.753. The van der Waals surface area contributed by atoms with Crippen LogP contribution in [0.25, 0.3) is 21.5 Å². The van der Waals surface area contributed by atoms with Crippen molar-refractivity contribution in [3.8, 4) is 16.6 Å². The molecule has 0 unspecified atom stereocenters. The highest BCUT2D eigenvalue weighted by atomic mass is 35.5. The number of nitrogens with zero attached hydrogens (tertiary/aromatic N) is 2. The second-order valence-corrected chi connectivity index (χ2v) is 9.38. The van der Waals surface area contributed by atoms with Crippen molar-refractivity contribution in [3.63, 3.8) is 0 Å². The monoisotopic (exact) mass is 437 g/mol. The largest absolute Gasteiger partial charge is 0.312 e. The van der Waals surface area contributed by atoms with Gasteiger partial charge in [-0.05, 0) is 43.2 Å². The molecule has 0 fully saturated rings. The topological polar surface area (TPSA) is 65.8 Å². The number of aromatic nitrogens is 1. The van der Waals surface area contributed by atoms with Crippen LogP contribution in [0.3, 0.4) is 0 Å². The molecule has 0 atom stereocenters. The van der Waals surface area contributed by atoms with Crippen molar-refractivity contribution in [2.24, 2.45) is 0 Å². The van der Waals surface area contributed by atoms with Crippen molar-refractivity contribution in [1.29, 1.82) is 5.26 Å². The van der Waals surface area contributed by atoms with Crippen LogP contribution in [-0.4, -0.2) is 10.9 Å². The lowest BCUT2D eigenvalue weighted by Crippen LogP contribution is -2.13. The lowest BCUT2D eigenvalue weighted by atomic mass is 10.1. The first kappa shape index (κ1) is 19.6. The molecule has 0 radical (unpaired) electrons. The quantitative estimate of drug-likeness (QED) is 0.387. The minimum atomic E-state index is -0.257. The van der Waals surface area contributed by atoms with E-state index in [-0.39, 0.29) is 5.91 Å². The van der Waals surface area contributed by atoms with E-state index in [0.717, 1.165) is 32.6 Å². The smallest absolute Gasteiger partial charge is 0.257 e. The number of para-hydroxylation sites is 1. The molecule has 1 amide bonds. The number of nitrogens with one attached hydrogen (secondary N) is 1. The lowest BCUT2D eigenvalue weighted by Gasteiger charge is -2.09. The van der Waals surface area contributed by atoms with Crippen LogP contribution >= 0.6 is 34.3 Å². The van der Waals surface area contributed by atoms with Gasteiger partial charge in [-0.1, -0.05) is 36.7 Å². The second kappa shape index (κ2) is 7.96. The zero-order valence-electron chi connectivity index (χ0n) is 15.7. The molecule has 0 saturated heterocycles. The number of carbonyl (C=O) groups is 1. The molecular weight excluding hydrogens is 422 g/mol. The molecule has 3 heterocycles. The molecule has 1 N–H and O–H groups in total. The van der Waals surface area contributed by atoms with Crippen molar-refractivity contribution < 1.29 is 4.79 Å². The summed E-state index contributed by atoms with van der Waals surface area (Å²) in [6, 6.07) is 15.3. The number of halogens is 1. The fourth-order valence-electron chi connectivity index (χ4n) is 3.32. The van der Waals surface area contributed by atoms with Crippen LogP contribution in [0.15, 0.2) is 42.5 Å². The maximum atomic E-state index is 13.2. The minimum absolute atomic E-state index is 0.257. The molecule has 0 aliphatic carbocycles. The van der Waals surface area contributed by atoms with Gasteiger partial charge in [-0.3, -0.25) is 4.79 Å². The summed E-state index contributed by atoms with van der Waals surface area (Å²) < 4.78 is 0.667. The molecule has 4 rings (SSSR count). The van der Waals surface area contributed by atoms with Gasteiger partial charge in [-0.15, -0.1) is 22.7 Å². The predicted molar refractivity (Wildman–Crippen MR) is 121 cm³/mol. The average Bonchev–Trinajstić information content (AvgIpc) is 3.29. The first-order valence-corrected chi connectivity index (χ1v) is 11.0. The molecule has 29 heavy (non-hydrogen) atoms. The van der Waals surface area contributed by atoms with Crippen molar-refractivity contribution in [2.45, 2.75) is 20.3 Å². The van der Waals surface area contributed by atoms with E-state index < -0.39 is 0 Å². The third kappa shape index (κ3) is 3.65. The standard InChI is InChI=1S/C22H16ClN3OS2/c1-3-13-12(2)28-22(16(13)11-24)26-21(27)15-10-18(19-8-9-20(23)29-19)25-17-7-5-4-6-14(15)17/h4-10H,3H2,1-2H3,(H,26,27). The summed E-state index contributed by atoms with van der Waals surface area (Å²) in [7, 11) is 0. The number of amides is 1. The van der Waals surface area contributed by atoms with Crippen LogP contribution in [0.4, 0.5) is 5.00 Å². The number of aryl methyl sites for hydroxylation is 1. The number of fused-ring (bicyclic) bond motifs is 1. The summed E-state index contributed by atoms with van der Waals surface area (Å²) in [5.74, 6) is -0.257. The van der Waals surface area contributed by atoms with E-state index >= 15 is 0 Å². The number of hydrogen-bond acceptors (Lipinski definition) is 5. The molecule has 0 saturated carbocycles. The van der Waals surface area contributed by atoms with Gasteiger partial charge in [0.1, 0.15) is 11.1 Å². The summed E-state index contributed by atoms with van der Waals surface area (Å²) in [5, 5.41) is 13.9. The van der Waals surface area contributed by atoms with Crippen LogP contribution in [0.2, 0.25) is 4.34 Å². The normalized spacial score (nSPS) is 10.8. The van der Waals surface area contributed by atoms with Gasteiger partial charge in [0, 0.05) is 10.3 Å². The highest BCUT2D eigenvalue weighted by Crippen LogP contribution is 2.35. The van der Waals surface area contributed by atoms with Gasteiger partial charge in [0.05, 0.1) is 31.6 Å². The number of benzene rings is 1. The molecular formula is C22H16ClN3OS2. The van der Waals surface area contributed by atoms with Gasteiger partial charge in [-0.2, -0.15) is 5.26 Å². The zero-order valence-corrected chi connectivity index (χ0v) is 18.1. The maximum absolute atomic E-state index is 13.2. The van der Waals surface area contributed by atoms with E-state index in [0.29, 0.717) is 26.2 Å². The number of pyridine rings is 1. The van der Waals surface area contributed by atoms with E-state index in [1.165, 1.54) is 22.7 Å². The summed E-state index contributed by atoms with van der Waals surface area (Å²) in [5.41, 5.74) is 3.48. The van der Waals surface area contributed by atoms with Gasteiger partial charge in [0.25, 0.3) is 5.91 Å². The zero-order chi connectivity index (χ0) is 20.5. The minimum Gasteiger partial charge on any atom is -0.312 e. The first-order valence-electron chi connectivity index (χ1n) is 9.01. The fourth-order valence-corrected chi connectivity index (χ4v) is 5.42. The molecule has 0 spiro atoms. The Balaban J connectivity index is 1.81. The van der Waals surface area contributed by atoms with Crippen molar-refractivity contribution in [1.82, 2.24) is 4.98 Å². The van der Waals surface area contributed by atoms with Gasteiger partial charge in [0.15, 0.2) is 0 Å². The van der Waals surface area contributed by atoms with Crippen molar-refractivity contribution >= 4 is 56.1 Å². The Bertz CT molecular complexity index is 1280. The molecule has 0 aliphatic heterocycles. The Morgan fingerprint density at radius 2 is 2.03 bits per heavy atom. The molecule has 144 valence electrons. The second-order valence-electron chi connectivity index (χ2n) is 6.44. The molecule has 0 bridgehead atoms. The van der Waals surface area contributed by atoms with Crippen molar-refractivity contribution in [2.75, 3.05) is 5.32 Å². The number of anilines is 1. The van der Waals surface area contributed by atoms with E-state index in [1.54, 1.807) is 6.07 Å². The Morgan fingerprint density at radius 3 is 2.72 bits per heavy atom. The average molecular weight is 438 g/mol. The van der Waals surface area contributed by atoms with Crippen LogP contribution in [-0.2, 0) is 6.42 Å². The number of carbonyl (C=O) groups excluding carboxylic acids is 1. The predicted octanol–water partition coefficient (Wildman–Crippen LogP) is 6.67. The van der Waals surface area contributed by atoms with Gasteiger partial charge in [-0.25, -0.2) is 4.98 Å². The third-order valence-electron chi connectivity index (χ3n) is 4.69. The summed E-state index contributed by atoms with van der Waals surface area (Å²) >= 11 is 8.94.